The molecule has 0 aliphatic carbocycles. The highest BCUT2D eigenvalue weighted by atomic mass is 35.5. The lowest BCUT2D eigenvalue weighted by Gasteiger charge is -2.32. The van der Waals surface area contributed by atoms with Crippen LogP contribution >= 0.6 is 11.6 Å². The average molecular weight is 558 g/mol. The number of carbonyl (C=O) groups excluding carboxylic acids is 2. The monoisotopic (exact) mass is 557 g/mol. The Kier molecular flexibility index (Phi) is 9.58. The number of halogens is 1. The number of nitrogens with zero attached hydrogens (tertiary/aromatic N) is 5. The molecule has 11 nitrogen and oxygen atoms in total. The summed E-state index contributed by atoms with van der Waals surface area (Å²) in [6, 6.07) is 5.99. The molecule has 1 fully saturated rings. The largest absolute Gasteiger partial charge is 0.484 e. The Morgan fingerprint density at radius 3 is 2.69 bits per heavy atom. The van der Waals surface area contributed by atoms with E-state index in [4.69, 9.17) is 22.1 Å². The van der Waals surface area contributed by atoms with Crippen molar-refractivity contribution in [3.05, 3.63) is 41.1 Å². The van der Waals surface area contributed by atoms with Gasteiger partial charge in [-0.25, -0.2) is 19.1 Å². The van der Waals surface area contributed by atoms with Crippen molar-refractivity contribution >= 4 is 40.3 Å². The third kappa shape index (κ3) is 6.77. The molecule has 0 saturated carbocycles. The van der Waals surface area contributed by atoms with E-state index in [1.807, 2.05) is 32.0 Å². The molecule has 0 unspecified atom stereocenters. The summed E-state index contributed by atoms with van der Waals surface area (Å²) in [5.74, 6) is 0.975. The van der Waals surface area contributed by atoms with E-state index in [2.05, 4.69) is 41.6 Å². The van der Waals surface area contributed by atoms with Crippen LogP contribution in [0.15, 0.2) is 24.4 Å². The summed E-state index contributed by atoms with van der Waals surface area (Å²) >= 11 is 5.90. The molecule has 0 bridgehead atoms. The highest BCUT2D eigenvalue weighted by Gasteiger charge is 2.26. The first kappa shape index (κ1) is 28.6. The predicted octanol–water partition coefficient (Wildman–Crippen LogP) is 2.29. The van der Waals surface area contributed by atoms with Gasteiger partial charge in [-0.3, -0.25) is 9.59 Å². The molecule has 0 spiro atoms. The minimum Gasteiger partial charge on any atom is -0.484 e. The van der Waals surface area contributed by atoms with Crippen LogP contribution in [0.25, 0.3) is 11.0 Å². The van der Waals surface area contributed by atoms with Crippen molar-refractivity contribution in [2.45, 2.75) is 65.7 Å². The van der Waals surface area contributed by atoms with Crippen LogP contribution in [-0.2, 0) is 24.4 Å². The Morgan fingerprint density at radius 1 is 1.23 bits per heavy atom. The highest BCUT2D eigenvalue weighted by Crippen LogP contribution is 2.22. The van der Waals surface area contributed by atoms with Crippen LogP contribution in [0.2, 0.25) is 5.15 Å². The maximum absolute atomic E-state index is 12.8. The van der Waals surface area contributed by atoms with Gasteiger partial charge in [0.2, 0.25) is 0 Å². The second kappa shape index (κ2) is 13.1. The van der Waals surface area contributed by atoms with Gasteiger partial charge in [-0.2, -0.15) is 0 Å². The lowest BCUT2D eigenvalue weighted by Crippen LogP contribution is -2.46. The van der Waals surface area contributed by atoms with E-state index < -0.39 is 5.91 Å². The number of aromatic nitrogens is 4. The van der Waals surface area contributed by atoms with Crippen LogP contribution in [0.1, 0.15) is 56.3 Å². The van der Waals surface area contributed by atoms with Gasteiger partial charge in [0.1, 0.15) is 17.4 Å². The third-order valence-corrected chi connectivity index (χ3v) is 7.22. The summed E-state index contributed by atoms with van der Waals surface area (Å²) in [7, 11) is 0. The highest BCUT2D eigenvalue weighted by molar-refractivity contribution is 6.29. The summed E-state index contributed by atoms with van der Waals surface area (Å²) < 4.78 is 10.1. The fraction of sp³-hybridized carbons (Fsp3) is 0.519. The molecule has 3 aromatic rings. The number of likely N-dealkylation sites (tertiary alicyclic amines) is 1. The van der Waals surface area contributed by atoms with Crippen LogP contribution in [0.3, 0.4) is 0 Å². The summed E-state index contributed by atoms with van der Waals surface area (Å²) in [5.41, 5.74) is 7.76. The van der Waals surface area contributed by atoms with Gasteiger partial charge in [0, 0.05) is 25.2 Å². The van der Waals surface area contributed by atoms with Crippen molar-refractivity contribution in [2.75, 3.05) is 32.0 Å². The fourth-order valence-electron chi connectivity index (χ4n) is 5.18. The predicted molar refractivity (Wildman–Crippen MR) is 149 cm³/mol. The molecule has 2 amide bonds. The number of carbonyl (C=O) groups is 2. The van der Waals surface area contributed by atoms with Crippen LogP contribution in [0.5, 0.6) is 5.75 Å². The van der Waals surface area contributed by atoms with E-state index in [-0.39, 0.29) is 41.8 Å². The van der Waals surface area contributed by atoms with Crippen molar-refractivity contribution in [2.24, 2.45) is 0 Å². The number of imidazole rings is 1. The number of amides is 2. The molecule has 1 aromatic carbocycles. The number of nitrogen functional groups attached to an aromatic ring is 1. The van der Waals surface area contributed by atoms with Crippen molar-refractivity contribution in [1.29, 1.82) is 0 Å². The molecule has 1 saturated heterocycles. The summed E-state index contributed by atoms with van der Waals surface area (Å²) in [5, 5.41) is 6.10. The zero-order valence-electron chi connectivity index (χ0n) is 22.9. The van der Waals surface area contributed by atoms with Gasteiger partial charge in [-0.1, -0.05) is 18.5 Å². The molecular weight excluding hydrogens is 520 g/mol. The minimum atomic E-state index is -0.455. The van der Waals surface area contributed by atoms with Crippen molar-refractivity contribution < 1.29 is 18.9 Å². The fourth-order valence-corrected chi connectivity index (χ4v) is 5.31. The van der Waals surface area contributed by atoms with E-state index in [0.717, 1.165) is 55.8 Å². The van der Waals surface area contributed by atoms with E-state index in [0.29, 0.717) is 18.8 Å². The Labute approximate surface area is 233 Å². The van der Waals surface area contributed by atoms with E-state index in [9.17, 15) is 9.59 Å². The molecule has 4 N–H and O–H groups in total. The lowest BCUT2D eigenvalue weighted by atomic mass is 10.0. The molecule has 2 aromatic heterocycles. The van der Waals surface area contributed by atoms with Gasteiger partial charge in [0.25, 0.3) is 17.6 Å². The van der Waals surface area contributed by atoms with E-state index in [1.165, 1.54) is 6.20 Å². The number of piperidine rings is 1. The number of ether oxygens (including phenoxy) is 1. The first-order chi connectivity index (χ1) is 18.8. The molecule has 3 heterocycles. The van der Waals surface area contributed by atoms with Gasteiger partial charge in [-0.15, -0.1) is 0 Å². The zero-order chi connectivity index (χ0) is 27.9. The second-order valence-electron chi connectivity index (χ2n) is 9.64. The maximum atomic E-state index is 12.8. The van der Waals surface area contributed by atoms with Gasteiger partial charge < -0.3 is 26.0 Å². The quantitative estimate of drug-likeness (QED) is 0.308. The molecule has 0 radical (unpaired) electrons. The van der Waals surface area contributed by atoms with Crippen molar-refractivity contribution in [3.8, 4) is 5.75 Å². The molecule has 4 rings (SSSR count). The first-order valence-corrected chi connectivity index (χ1v) is 14.0. The van der Waals surface area contributed by atoms with Gasteiger partial charge in [-0.05, 0) is 51.8 Å². The smallest absolute Gasteiger partial charge is 0.277 e. The Hall–Kier alpha value is -3.44. The van der Waals surface area contributed by atoms with E-state index in [1.54, 1.807) is 0 Å². The molecule has 12 heteroatoms. The van der Waals surface area contributed by atoms with Crippen LogP contribution in [0, 0.1) is 0 Å². The molecular formula is C27H38ClN8O3+. The number of nitrogens with two attached hydrogens (primary N) is 1. The number of hydrogen-bond acceptors (Lipinski definition) is 7. The summed E-state index contributed by atoms with van der Waals surface area (Å²) in [6.45, 7) is 11.0. The SMILES string of the molecule is CCCN1CCC(NC(=O)COc2ccc3c(c2)n(CC)c(CNC(=O)c2nc(Cl)cnc2N)[n+]3CC)CC1. The molecule has 39 heavy (non-hydrogen) atoms. The molecule has 1 aliphatic rings. The normalized spacial score (nSPS) is 14.5. The topological polar surface area (TPSA) is 131 Å². The molecule has 1 aliphatic heterocycles. The number of hydrogen-bond donors (Lipinski definition) is 3. The Balaban J connectivity index is 1.43. The number of nitrogens with one attached hydrogen (secondary N) is 2. The number of benzene rings is 1. The summed E-state index contributed by atoms with van der Waals surface area (Å²) in [4.78, 5) is 35.7. The minimum absolute atomic E-state index is 0.00909. The van der Waals surface area contributed by atoms with E-state index >= 15 is 0 Å². The molecule has 210 valence electrons. The van der Waals surface area contributed by atoms with Gasteiger partial charge in [0.15, 0.2) is 29.2 Å². The first-order valence-electron chi connectivity index (χ1n) is 13.6. The average Bonchev–Trinajstić information content (AvgIpc) is 3.24. The molecule has 0 atom stereocenters. The van der Waals surface area contributed by atoms with Crippen LogP contribution < -0.4 is 25.7 Å². The number of aryl methyl sites for hydroxylation is 2. The third-order valence-electron chi connectivity index (χ3n) is 7.04. The summed E-state index contributed by atoms with van der Waals surface area (Å²) in [6.07, 6.45) is 4.38. The Bertz CT molecular complexity index is 1320. The van der Waals surface area contributed by atoms with Crippen molar-refractivity contribution in [3.63, 3.8) is 0 Å². The van der Waals surface area contributed by atoms with Gasteiger partial charge >= 0.3 is 0 Å². The lowest BCUT2D eigenvalue weighted by molar-refractivity contribution is -0.676. The van der Waals surface area contributed by atoms with Crippen LogP contribution in [-0.4, -0.2) is 63.5 Å². The Morgan fingerprint density at radius 2 is 2.00 bits per heavy atom. The number of rotatable bonds is 11. The standard InChI is InChI=1S/C27H37ClN8O3/c1-4-11-34-12-9-18(10-13-34)32-23(37)17-39-19-7-8-20-21(14-19)36(6-3)24(35(20)5-2)16-31-27(38)25-26(29)30-15-22(28)33-25/h7-8,14-15,18H,4-6,9-13,16-17H2,1-3H3,(H3-,29,30,31,32,37,38)/p+1. The maximum Gasteiger partial charge on any atom is 0.277 e. The van der Waals surface area contributed by atoms with Crippen LogP contribution in [0.4, 0.5) is 5.82 Å². The van der Waals surface area contributed by atoms with Gasteiger partial charge in [0.05, 0.1) is 19.3 Å². The second-order valence-corrected chi connectivity index (χ2v) is 10.0. The number of anilines is 1. The van der Waals surface area contributed by atoms with Crippen molar-refractivity contribution in [1.82, 2.24) is 30.1 Å². The number of fused-ring (bicyclic) bond motifs is 1. The zero-order valence-corrected chi connectivity index (χ0v) is 23.6.